The minimum absolute atomic E-state index is 0.144. The van der Waals surface area contributed by atoms with Crippen molar-refractivity contribution in [2.75, 3.05) is 20.1 Å². The first-order valence-electron chi connectivity index (χ1n) is 8.07. The molecule has 1 N–H and O–H groups in total. The molecule has 0 saturated carbocycles. The van der Waals surface area contributed by atoms with E-state index in [1.807, 2.05) is 0 Å². The molecule has 4 heteroatoms. The minimum atomic E-state index is -0.753. The largest absolute Gasteiger partial charge is 0.384 e. The number of aryl methyl sites for hydroxylation is 1. The fourth-order valence-corrected chi connectivity index (χ4v) is 5.80. The molecule has 1 atom stereocenters. The van der Waals surface area contributed by atoms with Crippen molar-refractivity contribution in [3.63, 3.8) is 0 Å². The second-order valence-electron chi connectivity index (χ2n) is 7.75. The Morgan fingerprint density at radius 1 is 1.23 bits per heavy atom. The van der Waals surface area contributed by atoms with Crippen molar-refractivity contribution in [1.29, 1.82) is 0 Å². The number of rotatable bonds is 1. The number of hydrogen-bond donors (Lipinski definition) is 1. The lowest BCUT2D eigenvalue weighted by atomic mass is 9.65. The van der Waals surface area contributed by atoms with Gasteiger partial charge in [0.15, 0.2) is 0 Å². The Bertz CT molecular complexity index is 606. The Balaban J connectivity index is 2.16. The van der Waals surface area contributed by atoms with Gasteiger partial charge in [-0.1, -0.05) is 45.7 Å². The molecular formula is C18H25Br2NO. The molecule has 1 saturated heterocycles. The number of aliphatic hydroxyl groups is 1. The highest BCUT2D eigenvalue weighted by molar-refractivity contribution is 9.11. The lowest BCUT2D eigenvalue weighted by molar-refractivity contribution is -0.122. The molecule has 1 aliphatic heterocycles. The first kappa shape index (κ1) is 16.9. The standard InChI is InChI=1S/C18H25Br2NO/c1-11-9-14(19)13-10-17(2,3)18(22,15(13)16(11)20)12-5-7-21(4)8-6-12/h9,12,22H,5-8,10H2,1-4H3. The molecule has 3 rings (SSSR count). The number of halogens is 2. The molecule has 1 aliphatic carbocycles. The molecule has 0 aromatic heterocycles. The van der Waals surface area contributed by atoms with Crippen LogP contribution in [0.15, 0.2) is 15.0 Å². The normalized spacial score (nSPS) is 28.9. The molecule has 22 heavy (non-hydrogen) atoms. The van der Waals surface area contributed by atoms with Gasteiger partial charge < -0.3 is 10.0 Å². The van der Waals surface area contributed by atoms with E-state index in [2.05, 4.69) is 70.6 Å². The van der Waals surface area contributed by atoms with Crippen molar-refractivity contribution < 1.29 is 5.11 Å². The van der Waals surface area contributed by atoms with Crippen LogP contribution in [0.5, 0.6) is 0 Å². The third-order valence-electron chi connectivity index (χ3n) is 5.84. The fourth-order valence-electron chi connectivity index (χ4n) is 4.46. The van der Waals surface area contributed by atoms with Crippen LogP contribution in [0.25, 0.3) is 0 Å². The van der Waals surface area contributed by atoms with Gasteiger partial charge in [-0.15, -0.1) is 0 Å². The Labute approximate surface area is 150 Å². The van der Waals surface area contributed by atoms with E-state index in [-0.39, 0.29) is 5.41 Å². The maximum Gasteiger partial charge on any atom is 0.0993 e. The summed E-state index contributed by atoms with van der Waals surface area (Å²) in [4.78, 5) is 2.37. The molecule has 0 bridgehead atoms. The van der Waals surface area contributed by atoms with Gasteiger partial charge in [0.1, 0.15) is 0 Å². The quantitative estimate of drug-likeness (QED) is 0.701. The molecule has 1 heterocycles. The third kappa shape index (κ3) is 2.33. The predicted molar refractivity (Wildman–Crippen MR) is 98.2 cm³/mol. The lowest BCUT2D eigenvalue weighted by Crippen LogP contribution is -2.49. The maximum atomic E-state index is 11.9. The van der Waals surface area contributed by atoms with Crippen molar-refractivity contribution in [2.45, 2.75) is 45.6 Å². The Morgan fingerprint density at radius 2 is 1.82 bits per heavy atom. The van der Waals surface area contributed by atoms with Crippen LogP contribution < -0.4 is 0 Å². The van der Waals surface area contributed by atoms with E-state index in [1.165, 1.54) is 11.1 Å². The van der Waals surface area contributed by atoms with E-state index >= 15 is 0 Å². The van der Waals surface area contributed by atoms with E-state index < -0.39 is 5.60 Å². The number of fused-ring (bicyclic) bond motifs is 1. The van der Waals surface area contributed by atoms with E-state index in [4.69, 9.17) is 0 Å². The van der Waals surface area contributed by atoms with E-state index in [0.29, 0.717) is 5.92 Å². The molecule has 1 fully saturated rings. The SMILES string of the molecule is Cc1cc(Br)c2c(c1Br)C(O)(C1CCN(C)CC1)C(C)(C)C2. The molecule has 1 aromatic rings. The fraction of sp³-hybridized carbons (Fsp3) is 0.667. The van der Waals surface area contributed by atoms with Gasteiger partial charge in [-0.2, -0.15) is 0 Å². The van der Waals surface area contributed by atoms with Gasteiger partial charge in [-0.3, -0.25) is 0 Å². The predicted octanol–water partition coefficient (Wildman–Crippen LogP) is 4.63. The zero-order valence-corrected chi connectivity index (χ0v) is 17.0. The van der Waals surface area contributed by atoms with Crippen LogP contribution in [-0.2, 0) is 12.0 Å². The van der Waals surface area contributed by atoms with Crippen LogP contribution in [0.4, 0.5) is 0 Å². The molecule has 0 radical (unpaired) electrons. The molecule has 1 aromatic carbocycles. The smallest absolute Gasteiger partial charge is 0.0993 e. The van der Waals surface area contributed by atoms with Crippen molar-refractivity contribution in [3.05, 3.63) is 31.7 Å². The molecule has 2 aliphatic rings. The summed E-state index contributed by atoms with van der Waals surface area (Å²) in [6.07, 6.45) is 3.05. The molecule has 122 valence electrons. The topological polar surface area (TPSA) is 23.5 Å². The Morgan fingerprint density at radius 3 is 2.41 bits per heavy atom. The molecule has 0 amide bonds. The van der Waals surface area contributed by atoms with E-state index in [0.717, 1.165) is 46.9 Å². The van der Waals surface area contributed by atoms with Crippen LogP contribution in [0, 0.1) is 18.3 Å². The first-order valence-corrected chi connectivity index (χ1v) is 9.66. The van der Waals surface area contributed by atoms with E-state index in [1.54, 1.807) is 0 Å². The summed E-state index contributed by atoms with van der Waals surface area (Å²) in [5, 5.41) is 11.9. The molecule has 0 spiro atoms. The second-order valence-corrected chi connectivity index (χ2v) is 9.39. The van der Waals surface area contributed by atoms with Gasteiger partial charge in [0.2, 0.25) is 0 Å². The number of piperidine rings is 1. The number of hydrogen-bond acceptors (Lipinski definition) is 2. The summed E-state index contributed by atoms with van der Waals surface area (Å²) in [5.41, 5.74) is 2.71. The second kappa shape index (κ2) is 5.58. The molecule has 1 unspecified atom stereocenters. The summed E-state index contributed by atoms with van der Waals surface area (Å²) in [5.74, 6) is 0.324. The van der Waals surface area contributed by atoms with Gasteiger partial charge >= 0.3 is 0 Å². The zero-order valence-electron chi connectivity index (χ0n) is 13.8. The average Bonchev–Trinajstić information content (AvgIpc) is 2.66. The average molecular weight is 431 g/mol. The third-order valence-corrected chi connectivity index (χ3v) is 7.57. The summed E-state index contributed by atoms with van der Waals surface area (Å²) in [6, 6.07) is 2.17. The van der Waals surface area contributed by atoms with Crippen molar-refractivity contribution >= 4 is 31.9 Å². The minimum Gasteiger partial charge on any atom is -0.384 e. The number of likely N-dealkylation sites (tertiary alicyclic amines) is 1. The lowest BCUT2D eigenvalue weighted by Gasteiger charge is -2.47. The molecular weight excluding hydrogens is 406 g/mol. The van der Waals surface area contributed by atoms with Gasteiger partial charge in [-0.05, 0) is 69.4 Å². The first-order chi connectivity index (χ1) is 10.2. The highest BCUT2D eigenvalue weighted by atomic mass is 79.9. The summed E-state index contributed by atoms with van der Waals surface area (Å²) in [6.45, 7) is 8.70. The van der Waals surface area contributed by atoms with Crippen LogP contribution in [-0.4, -0.2) is 30.1 Å². The molecule has 2 nitrogen and oxygen atoms in total. The Hall–Kier alpha value is 0.1000. The Kier molecular flexibility index (Phi) is 4.29. The summed E-state index contributed by atoms with van der Waals surface area (Å²) < 4.78 is 2.23. The van der Waals surface area contributed by atoms with Crippen molar-refractivity contribution in [3.8, 4) is 0 Å². The van der Waals surface area contributed by atoms with Gasteiger partial charge in [0.05, 0.1) is 5.60 Å². The van der Waals surface area contributed by atoms with E-state index in [9.17, 15) is 5.11 Å². The van der Waals surface area contributed by atoms with Crippen LogP contribution in [0.2, 0.25) is 0 Å². The van der Waals surface area contributed by atoms with Crippen molar-refractivity contribution in [1.82, 2.24) is 4.90 Å². The number of benzene rings is 1. The van der Waals surface area contributed by atoms with Gasteiger partial charge in [0, 0.05) is 19.9 Å². The number of nitrogens with zero attached hydrogens (tertiary/aromatic N) is 1. The van der Waals surface area contributed by atoms with Crippen molar-refractivity contribution in [2.24, 2.45) is 11.3 Å². The summed E-state index contributed by atoms with van der Waals surface area (Å²) in [7, 11) is 2.17. The maximum absolute atomic E-state index is 11.9. The van der Waals surface area contributed by atoms with Crippen LogP contribution in [0.3, 0.4) is 0 Å². The summed E-state index contributed by atoms with van der Waals surface area (Å²) >= 11 is 7.51. The van der Waals surface area contributed by atoms with Gasteiger partial charge in [-0.25, -0.2) is 0 Å². The van der Waals surface area contributed by atoms with Crippen LogP contribution in [0.1, 0.15) is 43.4 Å². The zero-order chi connectivity index (χ0) is 16.3. The van der Waals surface area contributed by atoms with Crippen LogP contribution >= 0.6 is 31.9 Å². The highest BCUT2D eigenvalue weighted by Gasteiger charge is 2.57. The van der Waals surface area contributed by atoms with Gasteiger partial charge in [0.25, 0.3) is 0 Å². The monoisotopic (exact) mass is 429 g/mol. The highest BCUT2D eigenvalue weighted by Crippen LogP contribution is 2.59.